The first-order chi connectivity index (χ1) is 5.20. The quantitative estimate of drug-likeness (QED) is 0.601. The van der Waals surface area contributed by atoms with Crippen LogP contribution >= 0.6 is 0 Å². The van der Waals surface area contributed by atoms with Crippen molar-refractivity contribution in [1.82, 2.24) is 9.55 Å². The zero-order chi connectivity index (χ0) is 8.43. The number of nitriles is 1. The molecule has 58 valence electrons. The van der Waals surface area contributed by atoms with E-state index in [1.165, 1.54) is 0 Å². The number of imidazole rings is 1. The van der Waals surface area contributed by atoms with Crippen molar-refractivity contribution in [3.05, 3.63) is 17.2 Å². The van der Waals surface area contributed by atoms with Gasteiger partial charge in [0.1, 0.15) is 17.6 Å². The Bertz CT molecular complexity index is 304. The third-order valence-electron chi connectivity index (χ3n) is 1.83. The Balaban J connectivity index is 3.29. The van der Waals surface area contributed by atoms with E-state index in [1.807, 2.05) is 25.5 Å². The molecule has 11 heavy (non-hydrogen) atoms. The van der Waals surface area contributed by atoms with Gasteiger partial charge in [-0.2, -0.15) is 5.26 Å². The lowest BCUT2D eigenvalue weighted by Crippen LogP contribution is -1.94. The maximum absolute atomic E-state index is 8.73. The van der Waals surface area contributed by atoms with Crippen molar-refractivity contribution in [1.29, 1.82) is 5.26 Å². The highest BCUT2D eigenvalue weighted by atomic mass is 15.1. The van der Waals surface area contributed by atoms with Gasteiger partial charge in [0.05, 0.1) is 5.69 Å². The summed E-state index contributed by atoms with van der Waals surface area (Å²) < 4.78 is 1.82. The van der Waals surface area contributed by atoms with Crippen LogP contribution in [-0.2, 0) is 13.5 Å². The minimum Gasteiger partial charge on any atom is -0.323 e. The first-order valence-corrected chi connectivity index (χ1v) is 3.63. The molecule has 0 N–H and O–H groups in total. The highest BCUT2D eigenvalue weighted by Gasteiger charge is 2.08. The molecule has 0 aliphatic carbocycles. The van der Waals surface area contributed by atoms with E-state index in [9.17, 15) is 0 Å². The Morgan fingerprint density at radius 2 is 2.27 bits per heavy atom. The molecule has 0 saturated heterocycles. The van der Waals surface area contributed by atoms with Gasteiger partial charge in [0.25, 0.3) is 0 Å². The van der Waals surface area contributed by atoms with Gasteiger partial charge >= 0.3 is 0 Å². The monoisotopic (exact) mass is 149 g/mol. The molecule has 0 amide bonds. The molecular formula is C8H11N3. The maximum atomic E-state index is 8.73. The van der Waals surface area contributed by atoms with E-state index >= 15 is 0 Å². The van der Waals surface area contributed by atoms with E-state index in [2.05, 4.69) is 11.1 Å². The van der Waals surface area contributed by atoms with Gasteiger partial charge in [0.2, 0.25) is 0 Å². The normalized spacial score (nSPS) is 9.64. The molecule has 0 aliphatic heterocycles. The number of rotatable bonds is 1. The summed E-state index contributed by atoms with van der Waals surface area (Å²) in [6.07, 6.45) is 0.824. The Hall–Kier alpha value is -1.30. The summed E-state index contributed by atoms with van der Waals surface area (Å²) in [5.74, 6) is 0.901. The molecule has 1 heterocycles. The van der Waals surface area contributed by atoms with Crippen LogP contribution in [0, 0.1) is 18.3 Å². The summed E-state index contributed by atoms with van der Waals surface area (Å²) in [5, 5.41) is 8.73. The van der Waals surface area contributed by atoms with Gasteiger partial charge in [-0.15, -0.1) is 0 Å². The number of nitrogens with zero attached hydrogens (tertiary/aromatic N) is 3. The Morgan fingerprint density at radius 1 is 1.64 bits per heavy atom. The molecule has 3 heteroatoms. The van der Waals surface area contributed by atoms with E-state index in [1.54, 1.807) is 0 Å². The second kappa shape index (κ2) is 2.75. The highest BCUT2D eigenvalue weighted by molar-refractivity contribution is 5.28. The topological polar surface area (TPSA) is 41.6 Å². The third-order valence-corrected chi connectivity index (χ3v) is 1.83. The van der Waals surface area contributed by atoms with Crippen molar-refractivity contribution in [3.8, 4) is 6.07 Å². The summed E-state index contributed by atoms with van der Waals surface area (Å²) in [4.78, 5) is 4.24. The highest BCUT2D eigenvalue weighted by Crippen LogP contribution is 2.08. The van der Waals surface area contributed by atoms with Gasteiger partial charge in [0.15, 0.2) is 0 Å². The van der Waals surface area contributed by atoms with Crippen LogP contribution in [-0.4, -0.2) is 9.55 Å². The molecule has 3 nitrogen and oxygen atoms in total. The van der Waals surface area contributed by atoms with E-state index in [4.69, 9.17) is 5.26 Å². The van der Waals surface area contributed by atoms with Crippen molar-refractivity contribution in [2.24, 2.45) is 7.05 Å². The molecule has 0 spiro atoms. The van der Waals surface area contributed by atoms with Crippen molar-refractivity contribution >= 4 is 0 Å². The first kappa shape index (κ1) is 7.80. The molecule has 1 aromatic heterocycles. The van der Waals surface area contributed by atoms with Crippen molar-refractivity contribution < 1.29 is 0 Å². The fourth-order valence-electron chi connectivity index (χ4n) is 1.06. The SMILES string of the molecule is CCc1nc(C)n(C)c1C#N. The summed E-state index contributed by atoms with van der Waals surface area (Å²) in [7, 11) is 1.86. The largest absolute Gasteiger partial charge is 0.323 e. The van der Waals surface area contributed by atoms with Crippen LogP contribution in [0.15, 0.2) is 0 Å². The zero-order valence-corrected chi connectivity index (χ0v) is 7.05. The second-order valence-electron chi connectivity index (χ2n) is 2.48. The van der Waals surface area contributed by atoms with Crippen molar-refractivity contribution in [2.45, 2.75) is 20.3 Å². The summed E-state index contributed by atoms with van der Waals surface area (Å²) >= 11 is 0. The van der Waals surface area contributed by atoms with Gasteiger partial charge in [-0.25, -0.2) is 4.98 Å². The van der Waals surface area contributed by atoms with Gasteiger partial charge in [-0.05, 0) is 13.3 Å². The van der Waals surface area contributed by atoms with E-state index in [-0.39, 0.29) is 0 Å². The van der Waals surface area contributed by atoms with Crippen molar-refractivity contribution in [2.75, 3.05) is 0 Å². The molecule has 1 rings (SSSR count). The molecule has 1 aromatic rings. The molecule has 0 bridgehead atoms. The second-order valence-corrected chi connectivity index (χ2v) is 2.48. The number of hydrogen-bond acceptors (Lipinski definition) is 2. The van der Waals surface area contributed by atoms with Gasteiger partial charge in [-0.1, -0.05) is 6.92 Å². The predicted octanol–water partition coefficient (Wildman–Crippen LogP) is 1.16. The summed E-state index contributed by atoms with van der Waals surface area (Å²) in [6, 6.07) is 2.14. The lowest BCUT2D eigenvalue weighted by Gasteiger charge is -1.93. The zero-order valence-electron chi connectivity index (χ0n) is 7.05. The summed E-state index contributed by atoms with van der Waals surface area (Å²) in [6.45, 7) is 3.91. The summed E-state index contributed by atoms with van der Waals surface area (Å²) in [5.41, 5.74) is 1.58. The predicted molar refractivity (Wildman–Crippen MR) is 42.0 cm³/mol. The number of hydrogen-bond donors (Lipinski definition) is 0. The molecule has 0 fully saturated rings. The van der Waals surface area contributed by atoms with E-state index in [0.29, 0.717) is 5.69 Å². The molecule has 0 aliphatic rings. The number of aromatic nitrogens is 2. The molecule has 0 saturated carbocycles. The lowest BCUT2D eigenvalue weighted by molar-refractivity contribution is 0.845. The van der Waals surface area contributed by atoms with Crippen LogP contribution in [0.1, 0.15) is 24.1 Å². The van der Waals surface area contributed by atoms with Crippen molar-refractivity contribution in [3.63, 3.8) is 0 Å². The molecule has 0 unspecified atom stereocenters. The minimum absolute atomic E-state index is 0.685. The number of aryl methyl sites for hydroxylation is 2. The fourth-order valence-corrected chi connectivity index (χ4v) is 1.06. The van der Waals surface area contributed by atoms with Crippen LogP contribution < -0.4 is 0 Å². The van der Waals surface area contributed by atoms with Gasteiger partial charge in [-0.3, -0.25) is 0 Å². The van der Waals surface area contributed by atoms with Crippen LogP contribution in [0.4, 0.5) is 0 Å². The molecule has 0 atom stereocenters. The average molecular weight is 149 g/mol. The third kappa shape index (κ3) is 1.12. The maximum Gasteiger partial charge on any atom is 0.143 e. The Labute approximate surface area is 66.3 Å². The van der Waals surface area contributed by atoms with Crippen LogP contribution in [0.3, 0.4) is 0 Å². The van der Waals surface area contributed by atoms with Gasteiger partial charge < -0.3 is 4.57 Å². The standard InChI is InChI=1S/C8H11N3/c1-4-7-8(5-9)11(3)6(2)10-7/h4H2,1-3H3. The smallest absolute Gasteiger partial charge is 0.143 e. The van der Waals surface area contributed by atoms with Crippen LogP contribution in [0.25, 0.3) is 0 Å². The lowest BCUT2D eigenvalue weighted by atomic mass is 10.3. The van der Waals surface area contributed by atoms with Crippen LogP contribution in [0.2, 0.25) is 0 Å². The van der Waals surface area contributed by atoms with Crippen LogP contribution in [0.5, 0.6) is 0 Å². The van der Waals surface area contributed by atoms with E-state index < -0.39 is 0 Å². The fraction of sp³-hybridized carbons (Fsp3) is 0.500. The average Bonchev–Trinajstić information content (AvgIpc) is 2.28. The minimum atomic E-state index is 0.685. The van der Waals surface area contributed by atoms with Gasteiger partial charge in [0, 0.05) is 7.05 Å². The molecule has 0 aromatic carbocycles. The molecular weight excluding hydrogens is 138 g/mol. The first-order valence-electron chi connectivity index (χ1n) is 3.63. The Kier molecular flexibility index (Phi) is 1.95. The molecule has 0 radical (unpaired) electrons. The van der Waals surface area contributed by atoms with E-state index in [0.717, 1.165) is 17.9 Å². The Morgan fingerprint density at radius 3 is 2.64 bits per heavy atom.